The molecule has 2 saturated carbocycles. The number of hydrogen-bond acceptors (Lipinski definition) is 6. The van der Waals surface area contributed by atoms with E-state index in [2.05, 4.69) is 10.8 Å². The molecule has 9 heteroatoms. The second-order valence-corrected chi connectivity index (χ2v) is 13.5. The summed E-state index contributed by atoms with van der Waals surface area (Å²) in [5.74, 6) is 0.465. The lowest BCUT2D eigenvalue weighted by atomic mass is 9.70. The fourth-order valence-electron chi connectivity index (χ4n) is 4.80. The number of nitriles is 1. The number of fused-ring (bicyclic) bond motifs is 1. The van der Waals surface area contributed by atoms with Gasteiger partial charge in [-0.15, -0.1) is 0 Å². The molecule has 5 rings (SSSR count). The summed E-state index contributed by atoms with van der Waals surface area (Å²) in [4.78, 5) is 0. The minimum atomic E-state index is -3.34. The third-order valence-electron chi connectivity index (χ3n) is 6.80. The first kappa shape index (κ1) is 22.9. The van der Waals surface area contributed by atoms with Crippen molar-refractivity contribution in [2.75, 3.05) is 16.9 Å². The van der Waals surface area contributed by atoms with Crippen LogP contribution in [0.2, 0.25) is 0 Å². The topological polar surface area (TPSA) is 113 Å². The van der Waals surface area contributed by atoms with Gasteiger partial charge in [0.2, 0.25) is 10.0 Å². The van der Waals surface area contributed by atoms with Crippen molar-refractivity contribution in [2.45, 2.75) is 43.3 Å². The summed E-state index contributed by atoms with van der Waals surface area (Å²) in [6.45, 7) is 0. The first-order valence-electron chi connectivity index (χ1n) is 11.4. The molecular formula is C25H26N2O5S2. The molecule has 34 heavy (non-hydrogen) atoms. The van der Waals surface area contributed by atoms with Crippen molar-refractivity contribution >= 4 is 36.7 Å². The molecule has 1 atom stereocenters. The molecule has 3 aliphatic rings. The van der Waals surface area contributed by atoms with Gasteiger partial charge in [-0.1, -0.05) is 18.6 Å². The molecule has 3 aliphatic carbocycles. The summed E-state index contributed by atoms with van der Waals surface area (Å²) < 4.78 is 55.8. The zero-order valence-corrected chi connectivity index (χ0v) is 20.5. The lowest BCUT2D eigenvalue weighted by Crippen LogP contribution is -2.20. The number of hydrogen-bond donors (Lipinski definition) is 1. The second-order valence-electron chi connectivity index (χ2n) is 9.43. The largest absolute Gasteiger partial charge is 0.478 e. The molecule has 0 saturated heterocycles. The van der Waals surface area contributed by atoms with Crippen LogP contribution in [0.5, 0.6) is 5.75 Å². The van der Waals surface area contributed by atoms with E-state index in [0.717, 1.165) is 47.8 Å². The van der Waals surface area contributed by atoms with Crippen LogP contribution < -0.4 is 9.46 Å². The number of sulfonamides is 1. The van der Waals surface area contributed by atoms with Crippen molar-refractivity contribution in [3.05, 3.63) is 59.2 Å². The molecule has 178 valence electrons. The van der Waals surface area contributed by atoms with Crippen LogP contribution in [-0.4, -0.2) is 34.3 Å². The first-order valence-corrected chi connectivity index (χ1v) is 15.0. The quantitative estimate of drug-likeness (QED) is 0.580. The Morgan fingerprint density at radius 1 is 1.03 bits per heavy atom. The van der Waals surface area contributed by atoms with Gasteiger partial charge >= 0.3 is 0 Å². The fraction of sp³-hybridized carbons (Fsp3) is 0.400. The number of anilines is 1. The maximum atomic E-state index is 12.3. The lowest BCUT2D eigenvalue weighted by Gasteiger charge is -2.34. The molecule has 0 aliphatic heterocycles. The molecule has 1 N–H and O–H groups in total. The highest BCUT2D eigenvalue weighted by molar-refractivity contribution is 7.93. The molecule has 0 amide bonds. The summed E-state index contributed by atoms with van der Waals surface area (Å²) in [7, 11) is -6.62. The Labute approximate surface area is 200 Å². The minimum absolute atomic E-state index is 0.00851. The molecule has 2 aromatic carbocycles. The van der Waals surface area contributed by atoms with Crippen LogP contribution in [0.4, 0.5) is 5.69 Å². The Morgan fingerprint density at radius 2 is 1.74 bits per heavy atom. The first-order chi connectivity index (χ1) is 16.2. The average molecular weight is 499 g/mol. The Bertz CT molecular complexity index is 1410. The highest BCUT2D eigenvalue weighted by Gasteiger charge is 2.40. The van der Waals surface area contributed by atoms with E-state index in [1.54, 1.807) is 18.2 Å². The smallest absolute Gasteiger partial charge is 0.235 e. The summed E-state index contributed by atoms with van der Waals surface area (Å²) in [6.07, 6.45) is 5.77. The van der Waals surface area contributed by atoms with Crippen molar-refractivity contribution in [1.82, 2.24) is 0 Å². The Morgan fingerprint density at radius 3 is 2.29 bits per heavy atom. The molecule has 0 radical (unpaired) electrons. The van der Waals surface area contributed by atoms with E-state index in [-0.39, 0.29) is 11.2 Å². The van der Waals surface area contributed by atoms with Crippen LogP contribution in [0.3, 0.4) is 0 Å². The molecule has 2 fully saturated rings. The van der Waals surface area contributed by atoms with E-state index in [1.165, 1.54) is 0 Å². The highest BCUT2D eigenvalue weighted by atomic mass is 32.2. The molecule has 0 aromatic heterocycles. The average Bonchev–Trinajstić information content (AvgIpc) is 3.56. The van der Waals surface area contributed by atoms with Crippen molar-refractivity contribution in [2.24, 2.45) is 5.92 Å². The van der Waals surface area contributed by atoms with Gasteiger partial charge in [0.15, 0.2) is 15.8 Å². The van der Waals surface area contributed by atoms with Crippen molar-refractivity contribution in [1.29, 1.82) is 5.26 Å². The normalized spacial score (nSPS) is 20.4. The van der Waals surface area contributed by atoms with Crippen molar-refractivity contribution in [3.63, 3.8) is 0 Å². The van der Waals surface area contributed by atoms with Gasteiger partial charge in [0, 0.05) is 17.9 Å². The molecule has 0 spiro atoms. The second kappa shape index (κ2) is 8.43. The van der Waals surface area contributed by atoms with Gasteiger partial charge in [-0.2, -0.15) is 5.26 Å². The SMILES string of the molecule is CS(=O)(=O)COc1ccc2c(c1)C(C1CCC1)C(c1ccc(NS(=O)(=O)C3CC3)cc1)=C2C#N. The third kappa shape index (κ3) is 4.44. The molecule has 0 heterocycles. The van der Waals surface area contributed by atoms with Crippen LogP contribution in [0.25, 0.3) is 11.1 Å². The molecule has 1 unspecified atom stereocenters. The Hall–Kier alpha value is -2.83. The standard InChI is InChI=1S/C25H26N2O5S2/c1-33(28,29)15-32-19-9-12-21-22(13-19)24(16-3-2-4-16)25(23(21)14-26)17-5-7-18(8-6-17)27-34(30,31)20-10-11-20/h5-9,12-13,16,20,24,27H,2-4,10-11,15H2,1H3. The van der Waals surface area contributed by atoms with Crippen LogP contribution in [-0.2, 0) is 19.9 Å². The van der Waals surface area contributed by atoms with Gasteiger partial charge in [-0.25, -0.2) is 16.8 Å². The van der Waals surface area contributed by atoms with E-state index in [1.807, 2.05) is 24.3 Å². The summed E-state index contributed by atoms with van der Waals surface area (Å²) in [5.41, 5.74) is 4.78. The fourth-order valence-corrected chi connectivity index (χ4v) is 6.54. The minimum Gasteiger partial charge on any atom is -0.478 e. The summed E-state index contributed by atoms with van der Waals surface area (Å²) in [5, 5.41) is 9.78. The van der Waals surface area contributed by atoms with Gasteiger partial charge in [-0.05, 0) is 84.2 Å². The van der Waals surface area contributed by atoms with Crippen molar-refractivity contribution < 1.29 is 21.6 Å². The molecule has 7 nitrogen and oxygen atoms in total. The molecule has 0 bridgehead atoms. The van der Waals surface area contributed by atoms with E-state index in [4.69, 9.17) is 4.74 Å². The number of allylic oxidation sites excluding steroid dienone is 2. The van der Waals surface area contributed by atoms with Crippen LogP contribution >= 0.6 is 0 Å². The van der Waals surface area contributed by atoms with Gasteiger partial charge in [0.25, 0.3) is 0 Å². The van der Waals surface area contributed by atoms with E-state index in [0.29, 0.717) is 35.8 Å². The number of sulfone groups is 1. The monoisotopic (exact) mass is 498 g/mol. The van der Waals surface area contributed by atoms with Gasteiger partial charge < -0.3 is 4.74 Å². The summed E-state index contributed by atoms with van der Waals surface area (Å²) >= 11 is 0. The molecule has 2 aromatic rings. The van der Waals surface area contributed by atoms with Crippen molar-refractivity contribution in [3.8, 4) is 11.8 Å². The number of nitrogens with zero attached hydrogens (tertiary/aromatic N) is 1. The number of nitrogens with one attached hydrogen (secondary N) is 1. The number of ether oxygens (including phenoxy) is 1. The predicted octanol–water partition coefficient (Wildman–Crippen LogP) is 4.30. The Kier molecular flexibility index (Phi) is 5.69. The van der Waals surface area contributed by atoms with Gasteiger partial charge in [0.1, 0.15) is 11.8 Å². The zero-order valence-electron chi connectivity index (χ0n) is 18.8. The predicted molar refractivity (Wildman–Crippen MR) is 131 cm³/mol. The van der Waals surface area contributed by atoms with Crippen LogP contribution in [0.15, 0.2) is 42.5 Å². The van der Waals surface area contributed by atoms with E-state index < -0.39 is 25.8 Å². The van der Waals surface area contributed by atoms with E-state index >= 15 is 0 Å². The number of benzene rings is 2. The van der Waals surface area contributed by atoms with Crippen LogP contribution in [0, 0.1) is 17.2 Å². The zero-order chi connectivity index (χ0) is 24.1. The van der Waals surface area contributed by atoms with E-state index in [9.17, 15) is 22.1 Å². The highest BCUT2D eigenvalue weighted by Crippen LogP contribution is 2.55. The maximum absolute atomic E-state index is 12.3. The molecular weight excluding hydrogens is 472 g/mol. The van der Waals surface area contributed by atoms with Gasteiger partial charge in [-0.3, -0.25) is 4.72 Å². The maximum Gasteiger partial charge on any atom is 0.235 e. The Balaban J connectivity index is 1.49. The number of rotatable bonds is 8. The lowest BCUT2D eigenvalue weighted by molar-refractivity contribution is 0.294. The van der Waals surface area contributed by atoms with Gasteiger partial charge in [0.05, 0.1) is 10.8 Å². The van der Waals surface area contributed by atoms with Crippen LogP contribution in [0.1, 0.15) is 54.7 Å². The summed E-state index contributed by atoms with van der Waals surface area (Å²) in [6, 6.07) is 15.0. The third-order valence-corrected chi connectivity index (χ3v) is 9.21.